The number of fused-ring (bicyclic) bond motifs is 3. The number of nitrogens with one attached hydrogen (secondary N) is 1. The van der Waals surface area contributed by atoms with Crippen molar-refractivity contribution < 1.29 is 8.42 Å². The summed E-state index contributed by atoms with van der Waals surface area (Å²) in [6.45, 7) is 1.66. The minimum atomic E-state index is -3.23. The number of nitrogens with zero attached hydrogens (tertiary/aromatic N) is 1. The Balaban J connectivity index is 2.02. The van der Waals surface area contributed by atoms with Gasteiger partial charge in [-0.1, -0.05) is 31.2 Å². The zero-order valence-electron chi connectivity index (χ0n) is 13.2. The summed E-state index contributed by atoms with van der Waals surface area (Å²) in [7, 11) is -3.23. The molecule has 0 bridgehead atoms. The van der Waals surface area contributed by atoms with Crippen LogP contribution in [-0.2, 0) is 9.84 Å². The molecule has 0 unspecified atom stereocenters. The molecule has 120 valence electrons. The van der Waals surface area contributed by atoms with Gasteiger partial charge < -0.3 is 4.98 Å². The molecule has 0 saturated carbocycles. The lowest BCUT2D eigenvalue weighted by Crippen LogP contribution is -2.03. The van der Waals surface area contributed by atoms with Gasteiger partial charge in [0.15, 0.2) is 9.84 Å². The Kier molecular flexibility index (Phi) is 3.39. The molecule has 2 heterocycles. The van der Waals surface area contributed by atoms with Crippen molar-refractivity contribution in [1.29, 1.82) is 0 Å². The van der Waals surface area contributed by atoms with E-state index in [4.69, 9.17) is 0 Å². The van der Waals surface area contributed by atoms with Crippen LogP contribution in [0.4, 0.5) is 0 Å². The molecule has 1 N–H and O–H groups in total. The quantitative estimate of drug-likeness (QED) is 0.610. The highest BCUT2D eigenvalue weighted by molar-refractivity contribution is 7.91. The summed E-state index contributed by atoms with van der Waals surface area (Å²) in [5.74, 6) is 0.0949. The number of hydrogen-bond acceptors (Lipinski definition) is 3. The van der Waals surface area contributed by atoms with Gasteiger partial charge in [-0.3, -0.25) is 0 Å². The van der Waals surface area contributed by atoms with Crippen molar-refractivity contribution in [3.63, 3.8) is 0 Å². The molecule has 0 aliphatic rings. The normalized spacial score (nSPS) is 12.0. The topological polar surface area (TPSA) is 62.8 Å². The van der Waals surface area contributed by atoms with Gasteiger partial charge in [0.1, 0.15) is 5.65 Å². The number of rotatable bonds is 3. The Hall–Kier alpha value is -2.66. The van der Waals surface area contributed by atoms with E-state index in [2.05, 4.69) is 9.97 Å². The molecule has 0 fully saturated rings. The first-order valence-corrected chi connectivity index (χ1v) is 9.44. The van der Waals surface area contributed by atoms with Crippen molar-refractivity contribution in [2.24, 2.45) is 0 Å². The Bertz CT molecular complexity index is 1160. The highest BCUT2D eigenvalue weighted by Crippen LogP contribution is 2.34. The molecule has 5 heteroatoms. The second kappa shape index (κ2) is 5.46. The summed E-state index contributed by atoms with van der Waals surface area (Å²) in [5, 5.41) is 2.10. The van der Waals surface area contributed by atoms with Crippen LogP contribution in [0, 0.1) is 0 Å². The molecule has 4 rings (SSSR count). The molecular weight excluding hydrogens is 320 g/mol. The largest absolute Gasteiger partial charge is 0.339 e. The van der Waals surface area contributed by atoms with Gasteiger partial charge in [0.25, 0.3) is 0 Å². The van der Waals surface area contributed by atoms with Crippen LogP contribution in [0.1, 0.15) is 6.92 Å². The monoisotopic (exact) mass is 336 g/mol. The predicted molar refractivity (Wildman–Crippen MR) is 96.8 cm³/mol. The van der Waals surface area contributed by atoms with E-state index in [9.17, 15) is 8.42 Å². The summed E-state index contributed by atoms with van der Waals surface area (Å²) in [6.07, 6.45) is 1.76. The SMILES string of the molecule is CCS(=O)(=O)c1cccc(-c2cccc3[nH]c4ncccc4c23)c1. The van der Waals surface area contributed by atoms with E-state index in [-0.39, 0.29) is 5.75 Å². The Labute approximate surface area is 140 Å². The van der Waals surface area contributed by atoms with Gasteiger partial charge in [0.05, 0.1) is 10.6 Å². The first-order chi connectivity index (χ1) is 11.6. The summed E-state index contributed by atoms with van der Waals surface area (Å²) in [4.78, 5) is 8.05. The zero-order valence-corrected chi connectivity index (χ0v) is 14.0. The van der Waals surface area contributed by atoms with E-state index in [0.29, 0.717) is 4.90 Å². The van der Waals surface area contributed by atoms with Crippen molar-refractivity contribution >= 4 is 31.8 Å². The molecule has 4 aromatic rings. The molecule has 0 aliphatic carbocycles. The van der Waals surface area contributed by atoms with Gasteiger partial charge in [0, 0.05) is 22.5 Å². The number of aromatic amines is 1. The average Bonchev–Trinajstić information content (AvgIpc) is 3.00. The smallest absolute Gasteiger partial charge is 0.178 e. The van der Waals surface area contributed by atoms with Crippen LogP contribution < -0.4 is 0 Å². The molecule has 0 aliphatic heterocycles. The van der Waals surface area contributed by atoms with Crippen molar-refractivity contribution in [3.8, 4) is 11.1 Å². The van der Waals surface area contributed by atoms with Gasteiger partial charge in [0.2, 0.25) is 0 Å². The highest BCUT2D eigenvalue weighted by atomic mass is 32.2. The number of aromatic nitrogens is 2. The van der Waals surface area contributed by atoms with E-state index in [1.54, 1.807) is 31.3 Å². The van der Waals surface area contributed by atoms with E-state index in [1.807, 2.05) is 36.4 Å². The van der Waals surface area contributed by atoms with Gasteiger partial charge in [-0.25, -0.2) is 13.4 Å². The van der Waals surface area contributed by atoms with E-state index < -0.39 is 9.84 Å². The predicted octanol–water partition coefficient (Wildman–Crippen LogP) is 4.18. The van der Waals surface area contributed by atoms with Crippen LogP contribution in [0.25, 0.3) is 33.1 Å². The molecule has 0 radical (unpaired) electrons. The molecule has 2 aromatic carbocycles. The Morgan fingerprint density at radius 3 is 2.71 bits per heavy atom. The minimum absolute atomic E-state index is 0.0949. The first kappa shape index (κ1) is 14.9. The first-order valence-electron chi connectivity index (χ1n) is 7.79. The average molecular weight is 336 g/mol. The fourth-order valence-corrected chi connectivity index (χ4v) is 3.97. The van der Waals surface area contributed by atoms with Crippen molar-refractivity contribution in [2.45, 2.75) is 11.8 Å². The van der Waals surface area contributed by atoms with Crippen LogP contribution in [0.2, 0.25) is 0 Å². The summed E-state index contributed by atoms with van der Waals surface area (Å²) < 4.78 is 24.4. The maximum Gasteiger partial charge on any atom is 0.178 e. The Morgan fingerprint density at radius 2 is 1.88 bits per heavy atom. The van der Waals surface area contributed by atoms with E-state index in [0.717, 1.165) is 33.1 Å². The van der Waals surface area contributed by atoms with Gasteiger partial charge in [-0.2, -0.15) is 0 Å². The molecule has 0 spiro atoms. The van der Waals surface area contributed by atoms with Gasteiger partial charge >= 0.3 is 0 Å². The third kappa shape index (κ3) is 2.29. The standard InChI is InChI=1S/C19H16N2O2S/c1-2-24(22,23)14-7-3-6-13(12-14)15-8-4-10-17-18(15)16-9-5-11-20-19(16)21-17/h3-12H,2H2,1H3,(H,20,21). The summed E-state index contributed by atoms with van der Waals surface area (Å²) in [5.41, 5.74) is 3.71. The third-order valence-corrected chi connectivity index (χ3v) is 6.01. The van der Waals surface area contributed by atoms with Crippen LogP contribution in [-0.4, -0.2) is 24.1 Å². The fourth-order valence-electron chi connectivity index (χ4n) is 3.05. The summed E-state index contributed by atoms with van der Waals surface area (Å²) >= 11 is 0. The lowest BCUT2D eigenvalue weighted by Gasteiger charge is -2.07. The molecule has 0 atom stereocenters. The molecule has 4 nitrogen and oxygen atoms in total. The van der Waals surface area contributed by atoms with Crippen molar-refractivity contribution in [3.05, 3.63) is 60.8 Å². The van der Waals surface area contributed by atoms with Crippen LogP contribution in [0.15, 0.2) is 65.7 Å². The fraction of sp³-hybridized carbons (Fsp3) is 0.105. The maximum atomic E-state index is 12.2. The summed E-state index contributed by atoms with van der Waals surface area (Å²) in [6, 6.07) is 17.1. The number of hydrogen-bond donors (Lipinski definition) is 1. The zero-order chi connectivity index (χ0) is 16.7. The highest BCUT2D eigenvalue weighted by Gasteiger charge is 2.15. The van der Waals surface area contributed by atoms with E-state index in [1.165, 1.54) is 0 Å². The van der Waals surface area contributed by atoms with E-state index >= 15 is 0 Å². The molecule has 24 heavy (non-hydrogen) atoms. The van der Waals surface area contributed by atoms with Crippen LogP contribution >= 0.6 is 0 Å². The number of benzene rings is 2. The van der Waals surface area contributed by atoms with Gasteiger partial charge in [-0.15, -0.1) is 0 Å². The number of pyridine rings is 1. The second-order valence-corrected chi connectivity index (χ2v) is 7.96. The number of sulfone groups is 1. The molecule has 2 aromatic heterocycles. The third-order valence-electron chi connectivity index (χ3n) is 4.28. The lowest BCUT2D eigenvalue weighted by molar-refractivity contribution is 0.597. The van der Waals surface area contributed by atoms with Crippen LogP contribution in [0.5, 0.6) is 0 Å². The number of H-pyrrole nitrogens is 1. The maximum absolute atomic E-state index is 12.2. The van der Waals surface area contributed by atoms with Crippen LogP contribution in [0.3, 0.4) is 0 Å². The van der Waals surface area contributed by atoms with Crippen molar-refractivity contribution in [1.82, 2.24) is 9.97 Å². The lowest BCUT2D eigenvalue weighted by atomic mass is 10.00. The minimum Gasteiger partial charge on any atom is -0.339 e. The second-order valence-electron chi connectivity index (χ2n) is 5.68. The van der Waals surface area contributed by atoms with Gasteiger partial charge in [-0.05, 0) is 41.5 Å². The molecule has 0 saturated heterocycles. The molecule has 0 amide bonds. The van der Waals surface area contributed by atoms with Crippen molar-refractivity contribution in [2.75, 3.05) is 5.75 Å². The molecular formula is C19H16N2O2S. The Morgan fingerprint density at radius 1 is 1.04 bits per heavy atom.